The lowest BCUT2D eigenvalue weighted by molar-refractivity contribution is -0.147. The van der Waals surface area contributed by atoms with Crippen molar-refractivity contribution in [3.05, 3.63) is 34.9 Å². The molecule has 3 nitrogen and oxygen atoms in total. The van der Waals surface area contributed by atoms with E-state index in [1.54, 1.807) is 13.8 Å². The predicted molar refractivity (Wildman–Crippen MR) is 53.0 cm³/mol. The van der Waals surface area contributed by atoms with Crippen molar-refractivity contribution in [1.82, 2.24) is 0 Å². The van der Waals surface area contributed by atoms with Gasteiger partial charge in [-0.1, -0.05) is 13.8 Å². The largest absolute Gasteiger partial charge is 0.479 e. The van der Waals surface area contributed by atoms with Gasteiger partial charge in [0.25, 0.3) is 0 Å². The van der Waals surface area contributed by atoms with Gasteiger partial charge in [0, 0.05) is 11.6 Å². The minimum absolute atomic E-state index is 0.178. The van der Waals surface area contributed by atoms with E-state index in [4.69, 9.17) is 5.11 Å². The Hall–Kier alpha value is -1.49. The molecule has 0 saturated heterocycles. The first-order valence-corrected chi connectivity index (χ1v) is 4.74. The van der Waals surface area contributed by atoms with E-state index in [1.165, 1.54) is 0 Å². The number of hydrogen-bond donors (Lipinski definition) is 2. The summed E-state index contributed by atoms with van der Waals surface area (Å²) in [5.74, 6) is -3.59. The van der Waals surface area contributed by atoms with Crippen LogP contribution in [0.15, 0.2) is 12.1 Å². The van der Waals surface area contributed by atoms with Crippen LogP contribution in [0.5, 0.6) is 0 Å². The highest BCUT2D eigenvalue weighted by Gasteiger charge is 2.22. The van der Waals surface area contributed by atoms with Gasteiger partial charge in [-0.15, -0.1) is 0 Å². The number of carbonyl (C=O) groups is 1. The highest BCUT2D eigenvalue weighted by Crippen LogP contribution is 2.25. The molecule has 2 N–H and O–H groups in total. The lowest BCUT2D eigenvalue weighted by atomic mass is 9.97. The molecule has 1 atom stereocenters. The lowest BCUT2D eigenvalue weighted by Crippen LogP contribution is -2.13. The second-order valence-corrected chi connectivity index (χ2v) is 3.79. The molecule has 88 valence electrons. The van der Waals surface area contributed by atoms with Crippen LogP contribution in [0.4, 0.5) is 8.78 Å². The molecule has 1 aromatic carbocycles. The minimum atomic E-state index is -1.97. The number of halogens is 2. The van der Waals surface area contributed by atoms with Crippen molar-refractivity contribution in [3.63, 3.8) is 0 Å². The number of rotatable bonds is 3. The number of carboxylic acid groups (broad SMARTS) is 1. The molecule has 0 aliphatic carbocycles. The van der Waals surface area contributed by atoms with Crippen molar-refractivity contribution in [2.24, 2.45) is 0 Å². The number of aliphatic hydroxyl groups is 1. The Labute approximate surface area is 91.3 Å². The third-order valence-corrected chi connectivity index (χ3v) is 2.27. The molecule has 16 heavy (non-hydrogen) atoms. The van der Waals surface area contributed by atoms with Crippen molar-refractivity contribution in [1.29, 1.82) is 0 Å². The zero-order valence-corrected chi connectivity index (χ0v) is 8.87. The van der Waals surface area contributed by atoms with Gasteiger partial charge in [-0.3, -0.25) is 0 Å². The fourth-order valence-corrected chi connectivity index (χ4v) is 1.37. The number of carboxylic acids is 1. The van der Waals surface area contributed by atoms with Crippen molar-refractivity contribution >= 4 is 5.97 Å². The maximum atomic E-state index is 13.3. The van der Waals surface area contributed by atoms with Gasteiger partial charge in [-0.2, -0.15) is 0 Å². The van der Waals surface area contributed by atoms with Gasteiger partial charge in [0.1, 0.15) is 11.6 Å². The summed E-state index contributed by atoms with van der Waals surface area (Å²) in [6.07, 6.45) is -1.97. The Morgan fingerprint density at radius 1 is 1.19 bits per heavy atom. The second kappa shape index (κ2) is 4.57. The Balaban J connectivity index is 3.30. The molecule has 0 radical (unpaired) electrons. The Morgan fingerprint density at radius 2 is 1.69 bits per heavy atom. The summed E-state index contributed by atoms with van der Waals surface area (Å²) in [7, 11) is 0. The van der Waals surface area contributed by atoms with E-state index in [0.717, 1.165) is 6.07 Å². The number of aliphatic carboxylic acids is 1. The molecule has 0 amide bonds. The molecule has 1 unspecified atom stereocenters. The third kappa shape index (κ3) is 2.36. The van der Waals surface area contributed by atoms with E-state index in [-0.39, 0.29) is 11.5 Å². The summed E-state index contributed by atoms with van der Waals surface area (Å²) in [5.41, 5.74) is -0.241. The van der Waals surface area contributed by atoms with Gasteiger partial charge in [0.05, 0.1) is 0 Å². The summed E-state index contributed by atoms with van der Waals surface area (Å²) >= 11 is 0. The first-order chi connectivity index (χ1) is 7.34. The van der Waals surface area contributed by atoms with Gasteiger partial charge in [0.2, 0.25) is 0 Å². The van der Waals surface area contributed by atoms with Crippen molar-refractivity contribution in [2.75, 3.05) is 0 Å². The molecule has 0 saturated carbocycles. The SMILES string of the molecule is CC(C)c1cc(C(O)C(=O)O)c(F)cc1F. The molecule has 0 aliphatic rings. The van der Waals surface area contributed by atoms with Gasteiger partial charge < -0.3 is 10.2 Å². The molecule has 0 heterocycles. The molecule has 0 bridgehead atoms. The summed E-state index contributed by atoms with van der Waals surface area (Å²) in [5, 5.41) is 17.8. The van der Waals surface area contributed by atoms with Crippen molar-refractivity contribution in [2.45, 2.75) is 25.9 Å². The fraction of sp³-hybridized carbons (Fsp3) is 0.364. The summed E-state index contributed by atoms with van der Waals surface area (Å²) in [6.45, 7) is 3.38. The fourth-order valence-electron chi connectivity index (χ4n) is 1.37. The van der Waals surface area contributed by atoms with E-state index in [1.807, 2.05) is 0 Å². The minimum Gasteiger partial charge on any atom is -0.479 e. The zero-order valence-electron chi connectivity index (χ0n) is 8.87. The standard InChI is InChI=1S/C11H12F2O3/c1-5(2)6-3-7(10(14)11(15)16)9(13)4-8(6)12/h3-5,10,14H,1-2H3,(H,15,16). The smallest absolute Gasteiger partial charge is 0.337 e. The van der Waals surface area contributed by atoms with Crippen LogP contribution in [0.2, 0.25) is 0 Å². The van der Waals surface area contributed by atoms with Gasteiger partial charge >= 0.3 is 5.97 Å². The Morgan fingerprint density at radius 3 is 2.12 bits per heavy atom. The molecule has 1 aromatic rings. The van der Waals surface area contributed by atoms with Crippen LogP contribution >= 0.6 is 0 Å². The topological polar surface area (TPSA) is 57.5 Å². The quantitative estimate of drug-likeness (QED) is 0.836. The summed E-state index contributed by atoms with van der Waals surface area (Å²) in [4.78, 5) is 10.5. The van der Waals surface area contributed by atoms with Gasteiger partial charge in [-0.25, -0.2) is 13.6 Å². The molecule has 0 fully saturated rings. The lowest BCUT2D eigenvalue weighted by Gasteiger charge is -2.12. The average Bonchev–Trinajstić information content (AvgIpc) is 2.16. The van der Waals surface area contributed by atoms with Crippen LogP contribution in [0.1, 0.15) is 37.0 Å². The monoisotopic (exact) mass is 230 g/mol. The van der Waals surface area contributed by atoms with Gasteiger partial charge in [-0.05, 0) is 17.5 Å². The number of hydrogen-bond acceptors (Lipinski definition) is 2. The second-order valence-electron chi connectivity index (χ2n) is 3.79. The molecule has 0 aromatic heterocycles. The number of aliphatic hydroxyl groups excluding tert-OH is 1. The van der Waals surface area contributed by atoms with E-state index in [9.17, 15) is 18.7 Å². The summed E-state index contributed by atoms with van der Waals surface area (Å²) < 4.78 is 26.5. The first-order valence-electron chi connectivity index (χ1n) is 4.74. The van der Waals surface area contributed by atoms with Crippen molar-refractivity contribution in [3.8, 4) is 0 Å². The molecular formula is C11H12F2O3. The molecule has 1 rings (SSSR count). The van der Waals surface area contributed by atoms with Crippen LogP contribution in [-0.4, -0.2) is 16.2 Å². The van der Waals surface area contributed by atoms with E-state index >= 15 is 0 Å². The maximum absolute atomic E-state index is 13.3. The molecule has 0 aliphatic heterocycles. The molecule has 5 heteroatoms. The average molecular weight is 230 g/mol. The van der Waals surface area contributed by atoms with Crippen LogP contribution in [0.3, 0.4) is 0 Å². The zero-order chi connectivity index (χ0) is 12.5. The van der Waals surface area contributed by atoms with Crippen molar-refractivity contribution < 1.29 is 23.8 Å². The normalized spacial score (nSPS) is 12.9. The Kier molecular flexibility index (Phi) is 3.59. The van der Waals surface area contributed by atoms with Crippen LogP contribution in [0.25, 0.3) is 0 Å². The summed E-state index contributed by atoms with van der Waals surface area (Å²) in [6, 6.07) is 1.64. The highest BCUT2D eigenvalue weighted by atomic mass is 19.1. The molecule has 0 spiro atoms. The van der Waals surface area contributed by atoms with E-state index in [2.05, 4.69) is 0 Å². The van der Waals surface area contributed by atoms with E-state index < -0.39 is 29.3 Å². The first kappa shape index (κ1) is 12.6. The van der Waals surface area contributed by atoms with Gasteiger partial charge in [0.15, 0.2) is 6.10 Å². The molecular weight excluding hydrogens is 218 g/mol. The number of benzene rings is 1. The maximum Gasteiger partial charge on any atom is 0.337 e. The van der Waals surface area contributed by atoms with Crippen LogP contribution < -0.4 is 0 Å². The van der Waals surface area contributed by atoms with Crippen LogP contribution in [-0.2, 0) is 4.79 Å². The Bertz CT molecular complexity index is 416. The van der Waals surface area contributed by atoms with E-state index in [0.29, 0.717) is 6.07 Å². The third-order valence-electron chi connectivity index (χ3n) is 2.27. The predicted octanol–water partition coefficient (Wildman–Crippen LogP) is 2.21. The highest BCUT2D eigenvalue weighted by molar-refractivity contribution is 5.74. The van der Waals surface area contributed by atoms with Crippen LogP contribution in [0, 0.1) is 11.6 Å².